The van der Waals surface area contributed by atoms with Gasteiger partial charge in [-0.3, -0.25) is 4.68 Å². The van der Waals surface area contributed by atoms with Gasteiger partial charge in [-0.1, -0.05) is 20.8 Å². The fourth-order valence-electron chi connectivity index (χ4n) is 1.67. The lowest BCUT2D eigenvalue weighted by molar-refractivity contribution is 0.547. The largest absolute Gasteiger partial charge is 0.315 e. The van der Waals surface area contributed by atoms with Gasteiger partial charge in [-0.15, -0.1) is 0 Å². The molecule has 6 nitrogen and oxygen atoms in total. The molecule has 0 atom stereocenters. The zero-order valence-electron chi connectivity index (χ0n) is 12.6. The van der Waals surface area contributed by atoms with Gasteiger partial charge in [0.2, 0.25) is 10.0 Å². The summed E-state index contributed by atoms with van der Waals surface area (Å²) in [6.07, 6.45) is 4.88. The van der Waals surface area contributed by atoms with Gasteiger partial charge in [0.25, 0.3) is 0 Å². The number of sulfonamides is 1. The maximum atomic E-state index is 12.0. The topological polar surface area (TPSA) is 76.0 Å². The van der Waals surface area contributed by atoms with Crippen LogP contribution in [0.2, 0.25) is 0 Å². The Hall–Kier alpha value is -0.920. The van der Waals surface area contributed by atoms with E-state index >= 15 is 0 Å². The van der Waals surface area contributed by atoms with E-state index in [1.165, 1.54) is 6.20 Å². The van der Waals surface area contributed by atoms with Gasteiger partial charge in [0.1, 0.15) is 4.90 Å². The Balaban J connectivity index is 2.48. The maximum absolute atomic E-state index is 12.0. The summed E-state index contributed by atoms with van der Waals surface area (Å²) in [4.78, 5) is 0.233. The molecule has 1 heterocycles. The van der Waals surface area contributed by atoms with Crippen LogP contribution in [-0.2, 0) is 16.6 Å². The quantitative estimate of drug-likeness (QED) is 0.637. The summed E-state index contributed by atoms with van der Waals surface area (Å²) in [6.45, 7) is 9.11. The molecule has 2 N–H and O–H groups in total. The molecule has 116 valence electrons. The molecule has 0 aliphatic heterocycles. The Kier molecular flexibility index (Phi) is 7.18. The molecule has 1 aromatic heterocycles. The third kappa shape index (κ3) is 6.02. The molecular weight excluding hydrogens is 276 g/mol. The van der Waals surface area contributed by atoms with E-state index in [2.05, 4.69) is 35.9 Å². The molecule has 1 rings (SSSR count). The van der Waals surface area contributed by atoms with Gasteiger partial charge in [-0.2, -0.15) is 5.10 Å². The molecule has 0 unspecified atom stereocenters. The van der Waals surface area contributed by atoms with Gasteiger partial charge in [0.15, 0.2) is 0 Å². The summed E-state index contributed by atoms with van der Waals surface area (Å²) in [5.74, 6) is 0.477. The van der Waals surface area contributed by atoms with Crippen LogP contribution < -0.4 is 10.0 Å². The molecule has 1 aromatic rings. The molecule has 0 aromatic carbocycles. The van der Waals surface area contributed by atoms with Gasteiger partial charge >= 0.3 is 0 Å². The highest BCUT2D eigenvalue weighted by Crippen LogP contribution is 2.07. The number of rotatable bonds is 10. The first kappa shape index (κ1) is 17.1. The van der Waals surface area contributed by atoms with E-state index in [0.717, 1.165) is 25.9 Å². The minimum absolute atomic E-state index is 0.233. The summed E-state index contributed by atoms with van der Waals surface area (Å²) in [5, 5.41) is 7.33. The van der Waals surface area contributed by atoms with Crippen LogP contribution in [0.25, 0.3) is 0 Å². The number of hydrogen-bond donors (Lipinski definition) is 2. The number of aromatic nitrogens is 2. The van der Waals surface area contributed by atoms with E-state index in [9.17, 15) is 8.42 Å². The van der Waals surface area contributed by atoms with Gasteiger partial charge in [0.05, 0.1) is 12.7 Å². The van der Waals surface area contributed by atoms with Crippen LogP contribution in [0.3, 0.4) is 0 Å². The van der Waals surface area contributed by atoms with Crippen molar-refractivity contribution < 1.29 is 8.42 Å². The molecule has 0 radical (unpaired) electrons. The average Bonchev–Trinajstić information content (AvgIpc) is 2.83. The van der Waals surface area contributed by atoms with Crippen LogP contribution in [0, 0.1) is 5.92 Å². The third-order valence-corrected chi connectivity index (χ3v) is 4.29. The number of hydrogen-bond acceptors (Lipinski definition) is 4. The zero-order valence-corrected chi connectivity index (χ0v) is 13.4. The van der Waals surface area contributed by atoms with E-state index in [1.807, 2.05) is 0 Å². The van der Waals surface area contributed by atoms with Crippen LogP contribution in [-0.4, -0.2) is 37.8 Å². The lowest BCUT2D eigenvalue weighted by Gasteiger charge is -2.06. The fourth-order valence-corrected chi connectivity index (χ4v) is 2.67. The minimum Gasteiger partial charge on any atom is -0.315 e. The normalized spacial score (nSPS) is 12.2. The van der Waals surface area contributed by atoms with Crippen LogP contribution in [0.5, 0.6) is 0 Å². The van der Waals surface area contributed by atoms with Gasteiger partial charge in [-0.05, 0) is 25.3 Å². The van der Waals surface area contributed by atoms with Crippen molar-refractivity contribution in [1.29, 1.82) is 0 Å². The number of nitrogens with zero attached hydrogens (tertiary/aromatic N) is 2. The van der Waals surface area contributed by atoms with Crippen molar-refractivity contribution in [2.24, 2.45) is 5.92 Å². The smallest absolute Gasteiger partial charge is 0.243 e. The van der Waals surface area contributed by atoms with Crippen molar-refractivity contribution in [1.82, 2.24) is 19.8 Å². The first-order valence-electron chi connectivity index (χ1n) is 7.18. The second-order valence-electron chi connectivity index (χ2n) is 5.27. The monoisotopic (exact) mass is 302 g/mol. The SMILES string of the molecule is CCCNCCn1cc(S(=O)(=O)NCCC(C)C)cn1. The van der Waals surface area contributed by atoms with Gasteiger partial charge < -0.3 is 5.32 Å². The molecule has 0 amide bonds. The molecule has 0 saturated heterocycles. The standard InChI is InChI=1S/C13H26N4O2S/c1-4-6-14-8-9-17-11-13(10-15-17)20(18,19)16-7-5-12(2)3/h10-12,14,16H,4-9H2,1-3H3. The van der Waals surface area contributed by atoms with Crippen LogP contribution in [0.15, 0.2) is 17.3 Å². The Labute approximate surface area is 122 Å². The highest BCUT2D eigenvalue weighted by Gasteiger charge is 2.15. The first-order valence-corrected chi connectivity index (χ1v) is 8.67. The van der Waals surface area contributed by atoms with E-state index in [1.54, 1.807) is 10.9 Å². The predicted octanol–water partition coefficient (Wildman–Crippen LogP) is 1.21. The van der Waals surface area contributed by atoms with Crippen molar-refractivity contribution in [3.63, 3.8) is 0 Å². The van der Waals surface area contributed by atoms with E-state index in [0.29, 0.717) is 19.0 Å². The van der Waals surface area contributed by atoms with Crippen molar-refractivity contribution in [3.05, 3.63) is 12.4 Å². The highest BCUT2D eigenvalue weighted by molar-refractivity contribution is 7.89. The lowest BCUT2D eigenvalue weighted by atomic mass is 10.1. The third-order valence-electron chi connectivity index (χ3n) is 2.88. The number of nitrogens with one attached hydrogen (secondary N) is 2. The molecular formula is C13H26N4O2S. The maximum Gasteiger partial charge on any atom is 0.243 e. The Morgan fingerprint density at radius 1 is 1.30 bits per heavy atom. The Morgan fingerprint density at radius 2 is 2.05 bits per heavy atom. The van der Waals surface area contributed by atoms with Crippen LogP contribution in [0.1, 0.15) is 33.6 Å². The lowest BCUT2D eigenvalue weighted by Crippen LogP contribution is -2.25. The summed E-state index contributed by atoms with van der Waals surface area (Å²) in [6, 6.07) is 0. The average molecular weight is 302 g/mol. The first-order chi connectivity index (χ1) is 9.45. The van der Waals surface area contributed by atoms with E-state index in [4.69, 9.17) is 0 Å². The predicted molar refractivity (Wildman–Crippen MR) is 80.0 cm³/mol. The molecule has 0 aliphatic rings. The summed E-state index contributed by atoms with van der Waals surface area (Å²) in [7, 11) is -3.42. The second kappa shape index (κ2) is 8.39. The molecule has 20 heavy (non-hydrogen) atoms. The molecule has 0 spiro atoms. The summed E-state index contributed by atoms with van der Waals surface area (Å²) < 4.78 is 28.3. The Bertz CT molecular complexity index is 482. The molecule has 0 aliphatic carbocycles. The van der Waals surface area contributed by atoms with Gasteiger partial charge in [0, 0.05) is 19.3 Å². The van der Waals surface area contributed by atoms with E-state index in [-0.39, 0.29) is 4.90 Å². The van der Waals surface area contributed by atoms with Crippen molar-refractivity contribution in [2.45, 2.75) is 45.1 Å². The molecule has 7 heteroatoms. The molecule has 0 fully saturated rings. The Morgan fingerprint density at radius 3 is 2.70 bits per heavy atom. The van der Waals surface area contributed by atoms with Gasteiger partial charge in [-0.25, -0.2) is 13.1 Å². The van der Waals surface area contributed by atoms with Crippen molar-refractivity contribution >= 4 is 10.0 Å². The van der Waals surface area contributed by atoms with Crippen molar-refractivity contribution in [2.75, 3.05) is 19.6 Å². The second-order valence-corrected chi connectivity index (χ2v) is 7.04. The summed E-state index contributed by atoms with van der Waals surface area (Å²) in [5.41, 5.74) is 0. The molecule has 0 bridgehead atoms. The fraction of sp³-hybridized carbons (Fsp3) is 0.769. The van der Waals surface area contributed by atoms with Crippen LogP contribution in [0.4, 0.5) is 0 Å². The molecule has 0 saturated carbocycles. The summed E-state index contributed by atoms with van der Waals surface area (Å²) >= 11 is 0. The zero-order chi connectivity index (χ0) is 15.0. The van der Waals surface area contributed by atoms with Crippen LogP contribution >= 0.6 is 0 Å². The highest BCUT2D eigenvalue weighted by atomic mass is 32.2. The van der Waals surface area contributed by atoms with Crippen molar-refractivity contribution in [3.8, 4) is 0 Å². The minimum atomic E-state index is -3.42. The van der Waals surface area contributed by atoms with E-state index < -0.39 is 10.0 Å².